The number of halogens is 2. The largest absolute Gasteiger partial charge is 0.369 e. The Bertz CT molecular complexity index is 985. The maximum atomic E-state index is 14.3. The number of carbonyl (C=O) groups is 1. The van der Waals surface area contributed by atoms with E-state index < -0.39 is 23.0 Å². The zero-order valence-corrected chi connectivity index (χ0v) is 13.5. The molecule has 0 aromatic carbocycles. The van der Waals surface area contributed by atoms with E-state index in [9.17, 15) is 13.6 Å². The standard InChI is InChI=1S/C18H13F2N5O/c19-11-7-23-8-12(20)14(11)16-15(10-1-5-22-6-2-10)25-13(9-24-16)18(3-4-18)17(21)26/h1-2,5-9H,3-4H2,(H2,21,26). The van der Waals surface area contributed by atoms with Crippen LogP contribution >= 0.6 is 0 Å². The summed E-state index contributed by atoms with van der Waals surface area (Å²) in [6, 6.07) is 3.30. The van der Waals surface area contributed by atoms with Crippen molar-refractivity contribution in [2.24, 2.45) is 5.73 Å². The van der Waals surface area contributed by atoms with Crippen LogP contribution in [0.25, 0.3) is 22.5 Å². The minimum atomic E-state index is -0.858. The third-order valence-electron chi connectivity index (χ3n) is 4.53. The lowest BCUT2D eigenvalue weighted by atomic mass is 10.00. The van der Waals surface area contributed by atoms with E-state index >= 15 is 0 Å². The summed E-state index contributed by atoms with van der Waals surface area (Å²) >= 11 is 0. The second-order valence-corrected chi connectivity index (χ2v) is 6.11. The van der Waals surface area contributed by atoms with E-state index in [1.807, 2.05) is 0 Å². The van der Waals surface area contributed by atoms with Crippen LogP contribution in [0.4, 0.5) is 8.78 Å². The molecule has 3 aromatic heterocycles. The summed E-state index contributed by atoms with van der Waals surface area (Å²) in [5.41, 5.74) is 5.57. The zero-order valence-electron chi connectivity index (χ0n) is 13.5. The van der Waals surface area contributed by atoms with Crippen LogP contribution in [0.15, 0.2) is 43.1 Å². The van der Waals surface area contributed by atoms with E-state index in [0.717, 1.165) is 12.4 Å². The number of nitrogens with zero attached hydrogens (tertiary/aromatic N) is 4. The van der Waals surface area contributed by atoms with Gasteiger partial charge in [-0.15, -0.1) is 0 Å². The quantitative estimate of drug-likeness (QED) is 0.777. The molecule has 130 valence electrons. The van der Waals surface area contributed by atoms with E-state index in [1.165, 1.54) is 18.6 Å². The highest BCUT2D eigenvalue weighted by atomic mass is 19.1. The van der Waals surface area contributed by atoms with Crippen LogP contribution in [0.1, 0.15) is 18.5 Å². The third kappa shape index (κ3) is 2.50. The Morgan fingerprint density at radius 3 is 2.23 bits per heavy atom. The molecule has 1 amide bonds. The van der Waals surface area contributed by atoms with Gasteiger partial charge in [0.15, 0.2) is 11.6 Å². The van der Waals surface area contributed by atoms with Gasteiger partial charge in [-0.25, -0.2) is 13.8 Å². The molecule has 8 heteroatoms. The molecule has 0 bridgehead atoms. The lowest BCUT2D eigenvalue weighted by Gasteiger charge is -2.15. The van der Waals surface area contributed by atoms with Crippen molar-refractivity contribution >= 4 is 5.91 Å². The lowest BCUT2D eigenvalue weighted by molar-refractivity contribution is -0.120. The van der Waals surface area contributed by atoms with Gasteiger partial charge in [0.1, 0.15) is 5.69 Å². The predicted octanol–water partition coefficient (Wildman–Crippen LogP) is 2.40. The topological polar surface area (TPSA) is 94.7 Å². The molecule has 0 saturated heterocycles. The fourth-order valence-corrected chi connectivity index (χ4v) is 2.90. The molecule has 1 saturated carbocycles. The first-order valence-electron chi connectivity index (χ1n) is 7.90. The van der Waals surface area contributed by atoms with Gasteiger partial charge in [0.2, 0.25) is 5.91 Å². The van der Waals surface area contributed by atoms with Crippen LogP contribution < -0.4 is 5.73 Å². The minimum absolute atomic E-state index is 0.0256. The Balaban J connectivity index is 1.97. The SMILES string of the molecule is NC(=O)C1(c2cnc(-c3c(F)cncc3F)c(-c3ccncc3)n2)CC1. The third-order valence-corrected chi connectivity index (χ3v) is 4.53. The molecule has 0 unspecified atom stereocenters. The van der Waals surface area contributed by atoms with E-state index in [1.54, 1.807) is 12.1 Å². The highest BCUT2D eigenvalue weighted by Crippen LogP contribution is 2.47. The molecule has 6 nitrogen and oxygen atoms in total. The van der Waals surface area contributed by atoms with Gasteiger partial charge in [-0.05, 0) is 25.0 Å². The average Bonchev–Trinajstić information content (AvgIpc) is 3.45. The van der Waals surface area contributed by atoms with Crippen molar-refractivity contribution in [3.63, 3.8) is 0 Å². The van der Waals surface area contributed by atoms with Gasteiger partial charge in [-0.3, -0.25) is 19.7 Å². The van der Waals surface area contributed by atoms with Crippen LogP contribution in [0.2, 0.25) is 0 Å². The summed E-state index contributed by atoms with van der Waals surface area (Å²) in [7, 11) is 0. The van der Waals surface area contributed by atoms with Crippen molar-refractivity contribution in [2.45, 2.75) is 18.3 Å². The Hall–Kier alpha value is -3.29. The van der Waals surface area contributed by atoms with E-state index in [2.05, 4.69) is 19.9 Å². The number of aromatic nitrogens is 4. The maximum Gasteiger partial charge on any atom is 0.229 e. The van der Waals surface area contributed by atoms with Gasteiger partial charge < -0.3 is 5.73 Å². The number of rotatable bonds is 4. The van der Waals surface area contributed by atoms with Gasteiger partial charge in [-0.1, -0.05) is 0 Å². The van der Waals surface area contributed by atoms with Crippen molar-refractivity contribution in [3.05, 3.63) is 60.4 Å². The molecule has 0 spiro atoms. The first-order valence-corrected chi connectivity index (χ1v) is 7.90. The number of hydrogen-bond acceptors (Lipinski definition) is 5. The molecule has 3 heterocycles. The number of hydrogen-bond donors (Lipinski definition) is 1. The number of amides is 1. The molecule has 3 aromatic rings. The number of pyridine rings is 2. The van der Waals surface area contributed by atoms with Crippen molar-refractivity contribution < 1.29 is 13.6 Å². The number of primary amides is 1. The summed E-state index contributed by atoms with van der Waals surface area (Å²) in [4.78, 5) is 28.0. The second kappa shape index (κ2) is 5.91. The second-order valence-electron chi connectivity index (χ2n) is 6.11. The Labute approximate surface area is 147 Å². The number of nitrogens with two attached hydrogens (primary N) is 1. The van der Waals surface area contributed by atoms with Gasteiger partial charge >= 0.3 is 0 Å². The highest BCUT2D eigenvalue weighted by molar-refractivity contribution is 5.89. The number of carbonyl (C=O) groups excluding carboxylic acids is 1. The minimum Gasteiger partial charge on any atom is -0.369 e. The van der Waals surface area contributed by atoms with Crippen LogP contribution in [-0.2, 0) is 10.2 Å². The summed E-state index contributed by atoms with van der Waals surface area (Å²) in [6.07, 6.45) is 7.40. The fraction of sp³-hybridized carbons (Fsp3) is 0.167. The maximum absolute atomic E-state index is 14.3. The Morgan fingerprint density at radius 2 is 1.65 bits per heavy atom. The average molecular weight is 353 g/mol. The van der Waals surface area contributed by atoms with E-state index in [-0.39, 0.29) is 17.0 Å². The summed E-state index contributed by atoms with van der Waals surface area (Å²) in [5.74, 6) is -2.18. The molecule has 0 aliphatic heterocycles. The monoisotopic (exact) mass is 353 g/mol. The van der Waals surface area contributed by atoms with Crippen LogP contribution in [-0.4, -0.2) is 25.8 Å². The zero-order chi connectivity index (χ0) is 18.3. The van der Waals surface area contributed by atoms with Gasteiger partial charge in [-0.2, -0.15) is 0 Å². The Kier molecular flexibility index (Phi) is 3.68. The molecule has 4 rings (SSSR count). The first kappa shape index (κ1) is 16.2. The van der Waals surface area contributed by atoms with Crippen molar-refractivity contribution in [2.75, 3.05) is 0 Å². The molecule has 0 radical (unpaired) electrons. The van der Waals surface area contributed by atoms with Crippen molar-refractivity contribution in [1.82, 2.24) is 19.9 Å². The summed E-state index contributed by atoms with van der Waals surface area (Å²) < 4.78 is 28.5. The molecular weight excluding hydrogens is 340 g/mol. The molecule has 2 N–H and O–H groups in total. The van der Waals surface area contributed by atoms with Gasteiger partial charge in [0.25, 0.3) is 0 Å². The van der Waals surface area contributed by atoms with Crippen molar-refractivity contribution in [1.29, 1.82) is 0 Å². The highest BCUT2D eigenvalue weighted by Gasteiger charge is 2.52. The van der Waals surface area contributed by atoms with Crippen molar-refractivity contribution in [3.8, 4) is 22.5 Å². The molecular formula is C18H13F2N5O. The summed E-state index contributed by atoms with van der Waals surface area (Å²) in [5, 5.41) is 0. The lowest BCUT2D eigenvalue weighted by Crippen LogP contribution is -2.29. The smallest absolute Gasteiger partial charge is 0.229 e. The molecule has 1 aliphatic carbocycles. The fourth-order valence-electron chi connectivity index (χ4n) is 2.90. The Morgan fingerprint density at radius 1 is 1.00 bits per heavy atom. The predicted molar refractivity (Wildman–Crippen MR) is 88.5 cm³/mol. The van der Waals surface area contributed by atoms with Crippen LogP contribution in [0, 0.1) is 11.6 Å². The molecule has 1 fully saturated rings. The summed E-state index contributed by atoms with van der Waals surface area (Å²) in [6.45, 7) is 0. The van der Waals surface area contributed by atoms with Gasteiger partial charge in [0.05, 0.1) is 41.0 Å². The van der Waals surface area contributed by atoms with Crippen LogP contribution in [0.5, 0.6) is 0 Å². The van der Waals surface area contributed by atoms with Gasteiger partial charge in [0, 0.05) is 18.0 Å². The first-order chi connectivity index (χ1) is 12.5. The van der Waals surface area contributed by atoms with E-state index in [4.69, 9.17) is 5.73 Å². The van der Waals surface area contributed by atoms with Crippen LogP contribution in [0.3, 0.4) is 0 Å². The molecule has 1 aliphatic rings. The molecule has 0 atom stereocenters. The molecule has 26 heavy (non-hydrogen) atoms. The normalized spacial score (nSPS) is 14.8. The van der Waals surface area contributed by atoms with E-state index in [0.29, 0.717) is 24.1 Å².